The quantitative estimate of drug-likeness (QED) is 0.399. The molecule has 104 valence electrons. The van der Waals surface area contributed by atoms with Crippen LogP contribution in [0.1, 0.15) is 40.5 Å². The molecule has 0 fully saturated rings. The molecule has 0 amide bonds. The number of carbonyl (C=O) groups is 2. The molecular formula is C14H24O4. The molecule has 0 heterocycles. The SMILES string of the molecule is CCOC(=O)C(=O)OCCC(C)C=CC(C)CC. The second-order valence-corrected chi connectivity index (χ2v) is 4.39. The summed E-state index contributed by atoms with van der Waals surface area (Å²) >= 11 is 0. The number of esters is 2. The Bertz CT molecular complexity index is 284. The van der Waals surface area contributed by atoms with Crippen LogP contribution < -0.4 is 0 Å². The zero-order valence-electron chi connectivity index (χ0n) is 11.8. The molecule has 0 N–H and O–H groups in total. The summed E-state index contributed by atoms with van der Waals surface area (Å²) in [5.41, 5.74) is 0. The zero-order chi connectivity index (χ0) is 14.0. The van der Waals surface area contributed by atoms with Crippen molar-refractivity contribution in [3.63, 3.8) is 0 Å². The van der Waals surface area contributed by atoms with Gasteiger partial charge in [-0.25, -0.2) is 9.59 Å². The fourth-order valence-electron chi connectivity index (χ4n) is 1.20. The van der Waals surface area contributed by atoms with Crippen LogP contribution in [0.4, 0.5) is 0 Å². The summed E-state index contributed by atoms with van der Waals surface area (Å²) in [4.78, 5) is 22.1. The Morgan fingerprint density at radius 1 is 1.00 bits per heavy atom. The summed E-state index contributed by atoms with van der Waals surface area (Å²) in [5, 5.41) is 0. The molecule has 2 unspecified atom stereocenters. The average molecular weight is 256 g/mol. The van der Waals surface area contributed by atoms with E-state index in [9.17, 15) is 9.59 Å². The number of hydrogen-bond acceptors (Lipinski definition) is 4. The minimum absolute atomic E-state index is 0.183. The highest BCUT2D eigenvalue weighted by Gasteiger charge is 2.16. The lowest BCUT2D eigenvalue weighted by Gasteiger charge is -2.08. The van der Waals surface area contributed by atoms with Crippen LogP contribution >= 0.6 is 0 Å². The van der Waals surface area contributed by atoms with Crippen LogP contribution in [0.5, 0.6) is 0 Å². The second kappa shape index (κ2) is 9.68. The fraction of sp³-hybridized carbons (Fsp3) is 0.714. The molecule has 4 heteroatoms. The van der Waals surface area contributed by atoms with Gasteiger partial charge in [-0.3, -0.25) is 0 Å². The molecule has 0 spiro atoms. The van der Waals surface area contributed by atoms with Crippen molar-refractivity contribution >= 4 is 11.9 Å². The first-order chi connectivity index (χ1) is 8.51. The number of rotatable bonds is 7. The number of allylic oxidation sites excluding steroid dienone is 2. The Kier molecular flexibility index (Phi) is 8.97. The first kappa shape index (κ1) is 16.7. The van der Waals surface area contributed by atoms with Gasteiger partial charge in [0.15, 0.2) is 0 Å². The minimum Gasteiger partial charge on any atom is -0.458 e. The summed E-state index contributed by atoms with van der Waals surface area (Å²) in [6.45, 7) is 8.42. The second-order valence-electron chi connectivity index (χ2n) is 4.39. The molecule has 18 heavy (non-hydrogen) atoms. The molecule has 0 radical (unpaired) electrons. The monoisotopic (exact) mass is 256 g/mol. The maximum atomic E-state index is 11.1. The molecule has 0 bridgehead atoms. The van der Waals surface area contributed by atoms with E-state index < -0.39 is 11.9 Å². The van der Waals surface area contributed by atoms with Crippen LogP contribution in [0.15, 0.2) is 12.2 Å². The first-order valence-corrected chi connectivity index (χ1v) is 6.53. The van der Waals surface area contributed by atoms with Crippen molar-refractivity contribution in [1.82, 2.24) is 0 Å². The van der Waals surface area contributed by atoms with E-state index >= 15 is 0 Å². The largest absolute Gasteiger partial charge is 0.458 e. The Labute approximate surface area is 109 Å². The third kappa shape index (κ3) is 7.87. The van der Waals surface area contributed by atoms with Crippen molar-refractivity contribution in [1.29, 1.82) is 0 Å². The summed E-state index contributed by atoms with van der Waals surface area (Å²) in [5.74, 6) is -0.932. The van der Waals surface area contributed by atoms with Gasteiger partial charge < -0.3 is 9.47 Å². The van der Waals surface area contributed by atoms with E-state index in [-0.39, 0.29) is 13.2 Å². The van der Waals surface area contributed by atoms with E-state index in [1.165, 1.54) is 0 Å². The molecular weight excluding hydrogens is 232 g/mol. The van der Waals surface area contributed by atoms with Gasteiger partial charge in [0.2, 0.25) is 0 Å². The molecule has 0 aromatic carbocycles. The minimum atomic E-state index is -0.916. The summed E-state index contributed by atoms with van der Waals surface area (Å²) < 4.78 is 9.34. The third-order valence-electron chi connectivity index (χ3n) is 2.66. The van der Waals surface area contributed by atoms with E-state index in [1.54, 1.807) is 6.92 Å². The Hall–Kier alpha value is -1.32. The molecule has 0 aromatic heterocycles. The maximum Gasteiger partial charge on any atom is 0.417 e. The van der Waals surface area contributed by atoms with E-state index in [1.807, 2.05) is 0 Å². The highest BCUT2D eigenvalue weighted by Crippen LogP contribution is 2.09. The molecule has 0 aliphatic heterocycles. The van der Waals surface area contributed by atoms with E-state index in [0.717, 1.165) is 6.42 Å². The van der Waals surface area contributed by atoms with Crippen LogP contribution in [0.3, 0.4) is 0 Å². The highest BCUT2D eigenvalue weighted by atomic mass is 16.6. The lowest BCUT2D eigenvalue weighted by Crippen LogP contribution is -2.21. The van der Waals surface area contributed by atoms with Gasteiger partial charge in [-0.05, 0) is 25.2 Å². The van der Waals surface area contributed by atoms with Crippen molar-refractivity contribution in [2.24, 2.45) is 11.8 Å². The van der Waals surface area contributed by atoms with Gasteiger partial charge in [-0.2, -0.15) is 0 Å². The van der Waals surface area contributed by atoms with Crippen molar-refractivity contribution in [2.45, 2.75) is 40.5 Å². The summed E-state index contributed by atoms with van der Waals surface area (Å²) in [6.07, 6.45) is 6.10. The summed E-state index contributed by atoms with van der Waals surface area (Å²) in [7, 11) is 0. The number of hydrogen-bond donors (Lipinski definition) is 0. The lowest BCUT2D eigenvalue weighted by molar-refractivity contribution is -0.167. The van der Waals surface area contributed by atoms with Crippen LogP contribution in [0, 0.1) is 11.8 Å². The van der Waals surface area contributed by atoms with E-state index in [0.29, 0.717) is 18.3 Å². The first-order valence-electron chi connectivity index (χ1n) is 6.53. The Balaban J connectivity index is 3.80. The fourth-order valence-corrected chi connectivity index (χ4v) is 1.20. The van der Waals surface area contributed by atoms with Gasteiger partial charge in [0.25, 0.3) is 0 Å². The van der Waals surface area contributed by atoms with Gasteiger partial charge >= 0.3 is 11.9 Å². The van der Waals surface area contributed by atoms with Gasteiger partial charge in [0, 0.05) is 0 Å². The third-order valence-corrected chi connectivity index (χ3v) is 2.66. The van der Waals surface area contributed by atoms with Crippen LogP contribution in [-0.4, -0.2) is 25.2 Å². The predicted molar refractivity (Wildman–Crippen MR) is 70.0 cm³/mol. The van der Waals surface area contributed by atoms with Crippen molar-refractivity contribution in [3.8, 4) is 0 Å². The van der Waals surface area contributed by atoms with Crippen molar-refractivity contribution < 1.29 is 19.1 Å². The van der Waals surface area contributed by atoms with Crippen molar-refractivity contribution in [3.05, 3.63) is 12.2 Å². The molecule has 0 saturated heterocycles. The van der Waals surface area contributed by atoms with E-state index in [4.69, 9.17) is 4.74 Å². The average Bonchev–Trinajstić information content (AvgIpc) is 2.35. The van der Waals surface area contributed by atoms with Crippen LogP contribution in [0.2, 0.25) is 0 Å². The van der Waals surface area contributed by atoms with Gasteiger partial charge in [-0.15, -0.1) is 0 Å². The van der Waals surface area contributed by atoms with Crippen LogP contribution in [-0.2, 0) is 19.1 Å². The molecule has 0 aliphatic rings. The van der Waals surface area contributed by atoms with Crippen LogP contribution in [0.25, 0.3) is 0 Å². The van der Waals surface area contributed by atoms with Gasteiger partial charge in [0.1, 0.15) is 0 Å². The molecule has 0 aliphatic carbocycles. The molecule has 0 aromatic rings. The molecule has 4 nitrogen and oxygen atoms in total. The standard InChI is InChI=1S/C14H24O4/c1-5-11(3)7-8-12(4)9-10-18-14(16)13(15)17-6-2/h7-8,11-12H,5-6,9-10H2,1-4H3. The Morgan fingerprint density at radius 3 is 2.11 bits per heavy atom. The maximum absolute atomic E-state index is 11.1. The van der Waals surface area contributed by atoms with Crippen molar-refractivity contribution in [2.75, 3.05) is 13.2 Å². The summed E-state index contributed by atoms with van der Waals surface area (Å²) in [6, 6.07) is 0. The van der Waals surface area contributed by atoms with Gasteiger partial charge in [0.05, 0.1) is 13.2 Å². The predicted octanol–water partition coefficient (Wildman–Crippen LogP) is 2.72. The molecule has 2 atom stereocenters. The highest BCUT2D eigenvalue weighted by molar-refractivity contribution is 6.29. The lowest BCUT2D eigenvalue weighted by atomic mass is 10.0. The Morgan fingerprint density at radius 2 is 1.56 bits per heavy atom. The topological polar surface area (TPSA) is 52.6 Å². The molecule has 0 rings (SSSR count). The van der Waals surface area contributed by atoms with Gasteiger partial charge in [-0.1, -0.05) is 39.3 Å². The smallest absolute Gasteiger partial charge is 0.417 e. The number of carbonyl (C=O) groups excluding carboxylic acids is 2. The van der Waals surface area contributed by atoms with E-state index in [2.05, 4.69) is 37.7 Å². The molecule has 0 saturated carbocycles. The normalized spacial score (nSPS) is 14.2. The number of ether oxygens (including phenoxy) is 2. The zero-order valence-corrected chi connectivity index (χ0v) is 11.8.